The van der Waals surface area contributed by atoms with Gasteiger partial charge in [0.05, 0.1) is 24.9 Å². The highest BCUT2D eigenvalue weighted by atomic mass is 16.5. The van der Waals surface area contributed by atoms with Gasteiger partial charge in [-0.15, -0.1) is 5.10 Å². The minimum absolute atomic E-state index is 0.00366. The van der Waals surface area contributed by atoms with Crippen LogP contribution in [0.4, 0.5) is 11.5 Å². The van der Waals surface area contributed by atoms with Gasteiger partial charge in [0.15, 0.2) is 17.0 Å². The van der Waals surface area contributed by atoms with Gasteiger partial charge in [-0.25, -0.2) is 14.6 Å². The molecule has 1 fully saturated rings. The second-order valence-electron chi connectivity index (χ2n) is 7.66. The molecule has 1 unspecified atom stereocenters. The summed E-state index contributed by atoms with van der Waals surface area (Å²) in [7, 11) is 0. The van der Waals surface area contributed by atoms with Crippen LogP contribution in [0.1, 0.15) is 11.4 Å². The van der Waals surface area contributed by atoms with Crippen molar-refractivity contribution >= 4 is 22.7 Å². The molecule has 31 heavy (non-hydrogen) atoms. The average molecular weight is 416 g/mol. The highest BCUT2D eigenvalue weighted by Gasteiger charge is 2.23. The second-order valence-corrected chi connectivity index (χ2v) is 7.66. The Kier molecular flexibility index (Phi) is 5.51. The molecule has 1 N–H and O–H groups in total. The van der Waals surface area contributed by atoms with E-state index in [0.29, 0.717) is 30.1 Å². The summed E-state index contributed by atoms with van der Waals surface area (Å²) in [6.45, 7) is 5.78. The lowest BCUT2D eigenvalue weighted by Gasteiger charge is -2.32. The van der Waals surface area contributed by atoms with Crippen molar-refractivity contribution in [2.45, 2.75) is 26.1 Å². The number of pyridine rings is 1. The van der Waals surface area contributed by atoms with Crippen LogP contribution in [-0.4, -0.2) is 60.6 Å². The molecule has 9 heteroatoms. The van der Waals surface area contributed by atoms with Crippen molar-refractivity contribution in [3.8, 4) is 0 Å². The van der Waals surface area contributed by atoms with Gasteiger partial charge in [0.2, 0.25) is 0 Å². The van der Waals surface area contributed by atoms with Gasteiger partial charge in [0.25, 0.3) is 0 Å². The summed E-state index contributed by atoms with van der Waals surface area (Å²) in [4.78, 5) is 15.7. The van der Waals surface area contributed by atoms with Gasteiger partial charge in [-0.3, -0.25) is 9.88 Å². The van der Waals surface area contributed by atoms with Crippen LogP contribution in [0.2, 0.25) is 0 Å². The SMILES string of the molecule is Cc1cccc(CN2CCOC(Cn3nnc4c(Nc5ccccc5)ncnc43)C2)n1. The molecule has 1 aliphatic heterocycles. The monoisotopic (exact) mass is 416 g/mol. The number of anilines is 2. The first-order valence-electron chi connectivity index (χ1n) is 10.4. The Morgan fingerprint density at radius 3 is 2.87 bits per heavy atom. The number of nitrogens with zero attached hydrogens (tertiary/aromatic N) is 7. The molecule has 3 aromatic heterocycles. The van der Waals surface area contributed by atoms with Crippen molar-refractivity contribution in [1.82, 2.24) is 34.8 Å². The molecule has 5 rings (SSSR count). The summed E-state index contributed by atoms with van der Waals surface area (Å²) in [6, 6.07) is 16.0. The highest BCUT2D eigenvalue weighted by Crippen LogP contribution is 2.21. The first-order valence-corrected chi connectivity index (χ1v) is 10.4. The van der Waals surface area contributed by atoms with Crippen LogP contribution in [0.5, 0.6) is 0 Å². The molecule has 4 heterocycles. The fraction of sp³-hybridized carbons (Fsp3) is 0.318. The Morgan fingerprint density at radius 2 is 2.00 bits per heavy atom. The fourth-order valence-corrected chi connectivity index (χ4v) is 3.81. The summed E-state index contributed by atoms with van der Waals surface area (Å²) < 4.78 is 7.81. The minimum atomic E-state index is 0.00366. The lowest BCUT2D eigenvalue weighted by molar-refractivity contribution is -0.0402. The molecule has 1 atom stereocenters. The van der Waals surface area contributed by atoms with Gasteiger partial charge in [0, 0.05) is 31.0 Å². The van der Waals surface area contributed by atoms with Crippen LogP contribution >= 0.6 is 0 Å². The zero-order chi connectivity index (χ0) is 21.0. The number of ether oxygens (including phenoxy) is 1. The Bertz CT molecular complexity index is 1160. The minimum Gasteiger partial charge on any atom is -0.374 e. The summed E-state index contributed by atoms with van der Waals surface area (Å²) in [5.74, 6) is 0.638. The number of para-hydroxylation sites is 1. The number of fused-ring (bicyclic) bond motifs is 1. The predicted octanol–water partition coefficient (Wildman–Crippen LogP) is 2.57. The van der Waals surface area contributed by atoms with E-state index in [2.05, 4.69) is 47.6 Å². The van der Waals surface area contributed by atoms with Crippen LogP contribution in [0.15, 0.2) is 54.9 Å². The fourth-order valence-electron chi connectivity index (χ4n) is 3.81. The van der Waals surface area contributed by atoms with Gasteiger partial charge in [-0.05, 0) is 31.2 Å². The van der Waals surface area contributed by atoms with Crippen molar-refractivity contribution < 1.29 is 4.74 Å². The number of hydrogen-bond acceptors (Lipinski definition) is 8. The number of benzene rings is 1. The van der Waals surface area contributed by atoms with E-state index in [1.54, 1.807) is 4.68 Å². The summed E-state index contributed by atoms with van der Waals surface area (Å²) >= 11 is 0. The summed E-state index contributed by atoms with van der Waals surface area (Å²) in [6.07, 6.45) is 1.54. The number of nitrogens with one attached hydrogen (secondary N) is 1. The Hall–Kier alpha value is -3.43. The number of hydrogen-bond donors (Lipinski definition) is 1. The van der Waals surface area contributed by atoms with Gasteiger partial charge in [-0.2, -0.15) is 0 Å². The summed E-state index contributed by atoms with van der Waals surface area (Å²) in [5.41, 5.74) is 4.39. The van der Waals surface area contributed by atoms with E-state index in [4.69, 9.17) is 4.74 Å². The largest absolute Gasteiger partial charge is 0.374 e. The van der Waals surface area contributed by atoms with Crippen LogP contribution in [0.3, 0.4) is 0 Å². The van der Waals surface area contributed by atoms with E-state index in [1.165, 1.54) is 6.33 Å². The third-order valence-electron chi connectivity index (χ3n) is 5.27. The van der Waals surface area contributed by atoms with Crippen LogP contribution in [0.25, 0.3) is 11.2 Å². The number of morpholine rings is 1. The first kappa shape index (κ1) is 19.5. The van der Waals surface area contributed by atoms with Crippen molar-refractivity contribution in [3.63, 3.8) is 0 Å². The van der Waals surface area contributed by atoms with Crippen LogP contribution < -0.4 is 5.32 Å². The lowest BCUT2D eigenvalue weighted by atomic mass is 10.2. The molecule has 0 saturated carbocycles. The molecule has 158 valence electrons. The molecule has 1 aliphatic rings. The molecule has 9 nitrogen and oxygen atoms in total. The number of aromatic nitrogens is 6. The standard InChI is InChI=1S/C22H24N8O/c1-16-6-5-9-18(25-16)12-29-10-11-31-19(13-29)14-30-22-20(27-28-30)21(23-15-24-22)26-17-7-3-2-4-8-17/h2-9,15,19H,10-14H2,1H3,(H,23,24,26). The van der Waals surface area contributed by atoms with E-state index in [-0.39, 0.29) is 6.10 Å². The van der Waals surface area contributed by atoms with Crippen molar-refractivity contribution in [2.24, 2.45) is 0 Å². The molecule has 0 radical (unpaired) electrons. The maximum absolute atomic E-state index is 6.01. The topological polar surface area (TPSA) is 93.9 Å². The zero-order valence-electron chi connectivity index (χ0n) is 17.3. The Morgan fingerprint density at radius 1 is 1.10 bits per heavy atom. The van der Waals surface area contributed by atoms with E-state index in [0.717, 1.165) is 36.7 Å². The molecule has 0 bridgehead atoms. The highest BCUT2D eigenvalue weighted by molar-refractivity contribution is 5.84. The molecule has 4 aromatic rings. The smallest absolute Gasteiger partial charge is 0.183 e. The van der Waals surface area contributed by atoms with Gasteiger partial charge in [0.1, 0.15) is 6.33 Å². The predicted molar refractivity (Wildman–Crippen MR) is 117 cm³/mol. The second kappa shape index (κ2) is 8.75. The molecular weight excluding hydrogens is 392 g/mol. The Balaban J connectivity index is 1.29. The van der Waals surface area contributed by atoms with Crippen molar-refractivity contribution in [2.75, 3.05) is 25.0 Å². The summed E-state index contributed by atoms with van der Waals surface area (Å²) in [5, 5.41) is 11.9. The maximum Gasteiger partial charge on any atom is 0.183 e. The van der Waals surface area contributed by atoms with E-state index < -0.39 is 0 Å². The maximum atomic E-state index is 6.01. The van der Waals surface area contributed by atoms with E-state index in [1.807, 2.05) is 43.3 Å². The quantitative estimate of drug-likeness (QED) is 0.513. The first-order chi connectivity index (χ1) is 15.2. The average Bonchev–Trinajstić information content (AvgIpc) is 3.19. The van der Waals surface area contributed by atoms with Crippen LogP contribution in [-0.2, 0) is 17.8 Å². The molecule has 1 saturated heterocycles. The molecule has 0 amide bonds. The van der Waals surface area contributed by atoms with Crippen molar-refractivity contribution in [1.29, 1.82) is 0 Å². The number of aryl methyl sites for hydroxylation is 1. The Labute approximate surface area is 180 Å². The van der Waals surface area contributed by atoms with Gasteiger partial charge >= 0.3 is 0 Å². The normalized spacial score (nSPS) is 17.1. The lowest BCUT2D eigenvalue weighted by Crippen LogP contribution is -2.44. The van der Waals surface area contributed by atoms with Gasteiger partial charge in [-0.1, -0.05) is 29.5 Å². The van der Waals surface area contributed by atoms with Crippen molar-refractivity contribution in [3.05, 3.63) is 66.2 Å². The molecule has 0 spiro atoms. The van der Waals surface area contributed by atoms with Crippen LogP contribution in [0, 0.1) is 6.92 Å². The zero-order valence-corrected chi connectivity index (χ0v) is 17.3. The number of rotatable bonds is 6. The van der Waals surface area contributed by atoms with Gasteiger partial charge < -0.3 is 10.1 Å². The molecule has 1 aromatic carbocycles. The molecule has 0 aliphatic carbocycles. The third-order valence-corrected chi connectivity index (χ3v) is 5.27. The van der Waals surface area contributed by atoms with E-state index >= 15 is 0 Å². The van der Waals surface area contributed by atoms with E-state index in [9.17, 15) is 0 Å². The molecular formula is C22H24N8O. The third kappa shape index (κ3) is 4.52.